The number of hydrogen-bond acceptors (Lipinski definition) is 8. The van der Waals surface area contributed by atoms with E-state index < -0.39 is 0 Å². The summed E-state index contributed by atoms with van der Waals surface area (Å²) < 4.78 is 0. The van der Waals surface area contributed by atoms with Crippen LogP contribution < -0.4 is 31.5 Å². The molecule has 2 aromatic rings. The second kappa shape index (κ2) is 9.79. The molecule has 0 radical (unpaired) electrons. The Labute approximate surface area is 189 Å². The second-order valence-electron chi connectivity index (χ2n) is 6.80. The average Bonchev–Trinajstić information content (AvgIpc) is 3.48. The van der Waals surface area contributed by atoms with Crippen molar-refractivity contribution in [3.05, 3.63) is 35.0 Å². The minimum Gasteiger partial charge on any atom is -0.334 e. The molecule has 2 aromatic heterocycles. The van der Waals surface area contributed by atoms with Gasteiger partial charge in [-0.25, -0.2) is 9.98 Å². The van der Waals surface area contributed by atoms with Crippen molar-refractivity contribution in [2.75, 3.05) is 30.9 Å². The van der Waals surface area contributed by atoms with Crippen LogP contribution in [0.3, 0.4) is 0 Å². The molecule has 0 bridgehead atoms. The maximum atomic E-state index is 4.79. The van der Waals surface area contributed by atoms with Gasteiger partial charge in [0.15, 0.2) is 11.9 Å². The Kier molecular flexibility index (Phi) is 6.67. The normalized spacial score (nSPS) is 23.2. The number of nitrogens with one attached hydrogen (secondary N) is 5. The predicted octanol–water partition coefficient (Wildman–Crippen LogP) is 1.86. The molecule has 2 aliphatic heterocycles. The Balaban J connectivity index is 1.51. The van der Waals surface area contributed by atoms with Crippen LogP contribution in [-0.2, 0) is 0 Å². The third-order valence-corrected chi connectivity index (χ3v) is 6.26. The molecule has 5 N–H and O–H groups in total. The molecule has 0 amide bonds. The van der Waals surface area contributed by atoms with E-state index in [0.717, 1.165) is 22.4 Å². The van der Waals surface area contributed by atoms with Crippen molar-refractivity contribution in [3.8, 4) is 0 Å². The van der Waals surface area contributed by atoms with Gasteiger partial charge in [-0.1, -0.05) is 0 Å². The van der Waals surface area contributed by atoms with E-state index in [-0.39, 0.29) is 12.3 Å². The van der Waals surface area contributed by atoms with Gasteiger partial charge in [0.1, 0.15) is 12.3 Å². The zero-order chi connectivity index (χ0) is 21.6. The summed E-state index contributed by atoms with van der Waals surface area (Å²) in [4.78, 5) is 20.2. The molecule has 4 heterocycles. The van der Waals surface area contributed by atoms with Gasteiger partial charge in [-0.15, -0.1) is 22.7 Å². The van der Waals surface area contributed by atoms with Crippen molar-refractivity contribution in [1.29, 1.82) is 0 Å². The number of hydrogen-bond donors (Lipinski definition) is 5. The van der Waals surface area contributed by atoms with E-state index in [2.05, 4.69) is 52.9 Å². The van der Waals surface area contributed by atoms with Crippen molar-refractivity contribution in [3.63, 3.8) is 0 Å². The smallest absolute Gasteiger partial charge is 0.208 e. The van der Waals surface area contributed by atoms with Crippen LogP contribution in [0.25, 0.3) is 0 Å². The molecule has 2 atom stereocenters. The minimum absolute atomic E-state index is 0.0622. The highest BCUT2D eigenvalue weighted by Crippen LogP contribution is 2.23. The van der Waals surface area contributed by atoms with E-state index in [1.54, 1.807) is 36.8 Å². The molecule has 2 unspecified atom stereocenters. The summed E-state index contributed by atoms with van der Waals surface area (Å²) in [6.07, 6.45) is 0.548. The Bertz CT molecular complexity index is 978. The number of anilines is 2. The minimum atomic E-state index is -0.135. The summed E-state index contributed by atoms with van der Waals surface area (Å²) in [6.45, 7) is 2.71. The number of rotatable bonds is 5. The molecule has 164 valence electrons. The van der Waals surface area contributed by atoms with Crippen LogP contribution in [0, 0.1) is 0 Å². The standard InChI is InChI=1S/C19H26N10S2/c1-12-22-16(20-2)28-19(23-12)29(15-7-5-11-31-15)9-8-13-24-17(21-3)27-18(25-13)26-14-6-4-10-30-14/h4-7,10-13H,8-9H2,1-3H3,(H2,20,22,23,28)(H3,21,24,25,26,27). The van der Waals surface area contributed by atoms with E-state index >= 15 is 0 Å². The molecule has 0 fully saturated rings. The van der Waals surface area contributed by atoms with E-state index in [1.807, 2.05) is 30.5 Å². The number of thiophene rings is 2. The number of nitrogens with zero attached hydrogens (tertiary/aromatic N) is 5. The molecule has 4 rings (SSSR count). The summed E-state index contributed by atoms with van der Waals surface area (Å²) in [7, 11) is 3.50. The highest BCUT2D eigenvalue weighted by molar-refractivity contribution is 7.14. The first kappa shape index (κ1) is 21.1. The van der Waals surface area contributed by atoms with E-state index in [9.17, 15) is 0 Å². The fourth-order valence-corrected chi connectivity index (χ4v) is 4.53. The molecular formula is C19H26N10S2. The summed E-state index contributed by atoms with van der Waals surface area (Å²) in [5, 5.41) is 22.5. The van der Waals surface area contributed by atoms with Crippen LogP contribution >= 0.6 is 22.7 Å². The molecule has 31 heavy (non-hydrogen) atoms. The van der Waals surface area contributed by atoms with Crippen LogP contribution in [0.15, 0.2) is 55.0 Å². The predicted molar refractivity (Wildman–Crippen MR) is 132 cm³/mol. The van der Waals surface area contributed by atoms with Gasteiger partial charge >= 0.3 is 0 Å². The van der Waals surface area contributed by atoms with Crippen molar-refractivity contribution in [2.24, 2.45) is 20.0 Å². The topological polar surface area (TPSA) is 113 Å². The van der Waals surface area contributed by atoms with Crippen LogP contribution in [-0.4, -0.2) is 56.8 Å². The van der Waals surface area contributed by atoms with Gasteiger partial charge in [-0.3, -0.25) is 20.6 Å². The van der Waals surface area contributed by atoms with Crippen molar-refractivity contribution < 1.29 is 0 Å². The lowest BCUT2D eigenvalue weighted by Gasteiger charge is -2.32. The van der Waals surface area contributed by atoms with Crippen molar-refractivity contribution in [2.45, 2.75) is 25.7 Å². The van der Waals surface area contributed by atoms with E-state index in [1.165, 1.54) is 0 Å². The third-order valence-electron chi connectivity index (χ3n) is 4.58. The van der Waals surface area contributed by atoms with Gasteiger partial charge in [0, 0.05) is 27.1 Å². The molecule has 0 spiro atoms. The van der Waals surface area contributed by atoms with Crippen molar-refractivity contribution >= 4 is 56.5 Å². The summed E-state index contributed by atoms with van der Waals surface area (Å²) in [5.41, 5.74) is 0. The molecule has 0 aromatic carbocycles. The molecule has 2 aliphatic rings. The van der Waals surface area contributed by atoms with Gasteiger partial charge < -0.3 is 20.9 Å². The van der Waals surface area contributed by atoms with Gasteiger partial charge in [-0.05, 0) is 41.9 Å². The Morgan fingerprint density at radius 1 is 1.03 bits per heavy atom. The summed E-state index contributed by atoms with van der Waals surface area (Å²) in [5.74, 6) is 2.85. The van der Waals surface area contributed by atoms with Gasteiger partial charge in [0.25, 0.3) is 0 Å². The summed E-state index contributed by atoms with van der Waals surface area (Å²) >= 11 is 3.30. The molecule has 0 saturated carbocycles. The lowest BCUT2D eigenvalue weighted by atomic mass is 10.3. The maximum absolute atomic E-state index is 4.79. The zero-order valence-electron chi connectivity index (χ0n) is 17.6. The first-order valence-electron chi connectivity index (χ1n) is 9.92. The monoisotopic (exact) mass is 458 g/mol. The zero-order valence-corrected chi connectivity index (χ0v) is 19.2. The highest BCUT2D eigenvalue weighted by Gasteiger charge is 2.24. The quantitative estimate of drug-likeness (QED) is 0.468. The summed E-state index contributed by atoms with van der Waals surface area (Å²) in [6, 6.07) is 8.15. The van der Waals surface area contributed by atoms with Gasteiger partial charge in [0.2, 0.25) is 11.9 Å². The Morgan fingerprint density at radius 2 is 1.81 bits per heavy atom. The van der Waals surface area contributed by atoms with Crippen molar-refractivity contribution in [1.82, 2.24) is 21.3 Å². The molecule has 0 saturated heterocycles. The molecule has 10 nitrogen and oxygen atoms in total. The molecular weight excluding hydrogens is 432 g/mol. The number of aliphatic imine (C=N–C) groups is 4. The lowest BCUT2D eigenvalue weighted by molar-refractivity contribution is 0.568. The fourth-order valence-electron chi connectivity index (χ4n) is 3.15. The molecule has 12 heteroatoms. The highest BCUT2D eigenvalue weighted by atomic mass is 32.1. The first-order chi connectivity index (χ1) is 15.1. The fraction of sp³-hybridized carbons (Fsp3) is 0.368. The van der Waals surface area contributed by atoms with Crippen LogP contribution in [0.1, 0.15) is 13.3 Å². The average molecular weight is 459 g/mol. The van der Waals surface area contributed by atoms with E-state index in [4.69, 9.17) is 9.98 Å². The van der Waals surface area contributed by atoms with Gasteiger partial charge in [-0.2, -0.15) is 0 Å². The van der Waals surface area contributed by atoms with Crippen LogP contribution in [0.4, 0.5) is 10.0 Å². The molecule has 0 aliphatic carbocycles. The lowest BCUT2D eigenvalue weighted by Crippen LogP contribution is -2.57. The van der Waals surface area contributed by atoms with Crippen LogP contribution in [0.2, 0.25) is 0 Å². The second-order valence-corrected chi connectivity index (χ2v) is 8.67. The van der Waals surface area contributed by atoms with Crippen LogP contribution in [0.5, 0.6) is 0 Å². The first-order valence-corrected chi connectivity index (χ1v) is 11.7. The Morgan fingerprint density at radius 3 is 2.52 bits per heavy atom. The largest absolute Gasteiger partial charge is 0.334 e. The van der Waals surface area contributed by atoms with Gasteiger partial charge in [0.05, 0.1) is 10.0 Å². The maximum Gasteiger partial charge on any atom is 0.208 e. The number of guanidine groups is 4. The van der Waals surface area contributed by atoms with E-state index in [0.29, 0.717) is 24.4 Å². The Hall–Kier alpha value is -3.12. The third kappa shape index (κ3) is 5.33. The SMILES string of the molecule is CN=C1NC(N(CCC2N=C(Nc3cccs3)NC(=NC)N2)c2cccs2)=NC(C)N1.